The Morgan fingerprint density at radius 1 is 2.00 bits per heavy atom. The summed E-state index contributed by atoms with van der Waals surface area (Å²) < 4.78 is 4.25. The molecule has 0 aliphatic rings. The average molecular weight is 204 g/mol. The van der Waals surface area contributed by atoms with Crippen LogP contribution >= 0.6 is 35.7 Å². The molecule has 0 fully saturated rings. The van der Waals surface area contributed by atoms with Crippen LogP contribution in [0.25, 0.3) is 0 Å². The van der Waals surface area contributed by atoms with Crippen LogP contribution in [-0.2, 0) is 0 Å². The maximum Gasteiger partial charge on any atom is 0.0344 e. The fraction of sp³-hybridized carbons (Fsp3) is 1.00. The molecule has 32 valence electrons. The van der Waals surface area contributed by atoms with Gasteiger partial charge < -0.3 is 0 Å². The lowest BCUT2D eigenvalue weighted by atomic mass is 11.5. The van der Waals surface area contributed by atoms with Gasteiger partial charge in [0.2, 0.25) is 0 Å². The second-order valence-corrected chi connectivity index (χ2v) is 1.69. The zero-order chi connectivity index (χ0) is 4.28. The number of halogens is 1. The Morgan fingerprint density at radius 3 is 2.20 bits per heavy atom. The lowest BCUT2D eigenvalue weighted by molar-refractivity contribution is 0.579. The highest BCUT2D eigenvalue weighted by Gasteiger charge is 1.72. The second-order valence-electron chi connectivity index (χ2n) is 0.608. The lowest BCUT2D eigenvalue weighted by Gasteiger charge is -1.98. The van der Waals surface area contributed by atoms with Crippen molar-refractivity contribution in [2.24, 2.45) is 0 Å². The third-order valence-electron chi connectivity index (χ3n) is 0.122. The van der Waals surface area contributed by atoms with Gasteiger partial charge in [0.25, 0.3) is 0 Å². The van der Waals surface area contributed by atoms with Gasteiger partial charge in [-0.05, 0) is 0 Å². The number of hydrazine groups is 1. The fourth-order valence-corrected chi connectivity index (χ4v) is 0. The number of rotatable bonds is 1. The van der Waals surface area contributed by atoms with Crippen molar-refractivity contribution in [1.82, 2.24) is 8.05 Å². The van der Waals surface area contributed by atoms with Gasteiger partial charge in [0.15, 0.2) is 0 Å². The van der Waals surface area contributed by atoms with Gasteiger partial charge in [-0.3, -0.25) is 0 Å². The van der Waals surface area contributed by atoms with Crippen molar-refractivity contribution >= 4 is 35.7 Å². The van der Waals surface area contributed by atoms with Crippen molar-refractivity contribution in [2.45, 2.75) is 0 Å². The monoisotopic (exact) mass is 204 g/mol. The zero-order valence-electron chi connectivity index (χ0n) is 2.77. The van der Waals surface area contributed by atoms with E-state index in [1.165, 1.54) is 0 Å². The molecule has 0 radical (unpaired) electrons. The van der Waals surface area contributed by atoms with Gasteiger partial charge in [-0.2, -0.15) is 8.05 Å². The van der Waals surface area contributed by atoms with Crippen LogP contribution in [0.5, 0.6) is 0 Å². The first-order valence-electron chi connectivity index (χ1n) is 1.06. The summed E-state index contributed by atoms with van der Waals surface area (Å²) in [4.78, 5) is 0. The highest BCUT2D eigenvalue weighted by atomic mass is 127. The van der Waals surface area contributed by atoms with Crippen LogP contribution < -0.4 is 3.64 Å². The first-order chi connectivity index (χ1) is 2.27. The van der Waals surface area contributed by atoms with Crippen LogP contribution in [0.3, 0.4) is 0 Å². The molecule has 0 atom stereocenters. The molecule has 0 aromatic heterocycles. The van der Waals surface area contributed by atoms with Gasteiger partial charge in [-0.15, -0.1) is 0 Å². The second kappa shape index (κ2) is 3.20. The van der Waals surface area contributed by atoms with E-state index in [4.69, 9.17) is 0 Å². The minimum Gasteiger partial charge on any atom is -0.186 e. The Balaban J connectivity index is 2.54. The van der Waals surface area contributed by atoms with Crippen LogP contribution in [0.2, 0.25) is 0 Å². The molecular weight excluding hydrogens is 199 g/mol. The topological polar surface area (TPSA) is 15.3 Å². The SMILES string of the molecule is CN(S)NI. The number of nitrogens with one attached hydrogen (secondary N) is 1. The molecule has 0 heterocycles. The third kappa shape index (κ3) is 5.00. The predicted octanol–water partition coefficient (Wildman–Crippen LogP) is 0.618. The van der Waals surface area contributed by atoms with E-state index in [2.05, 4.69) is 16.5 Å². The molecule has 1 N–H and O–H groups in total. The fourth-order valence-electron chi connectivity index (χ4n) is 0. The van der Waals surface area contributed by atoms with Crippen molar-refractivity contribution in [2.75, 3.05) is 7.05 Å². The molecule has 0 aliphatic carbocycles. The molecule has 4 heteroatoms. The normalized spacial score (nSPS) is 9.60. The van der Waals surface area contributed by atoms with Gasteiger partial charge in [-0.25, -0.2) is 0 Å². The summed E-state index contributed by atoms with van der Waals surface area (Å²) >= 11 is 5.79. The van der Waals surface area contributed by atoms with Gasteiger partial charge in [0.1, 0.15) is 0 Å². The smallest absolute Gasteiger partial charge is 0.0344 e. The number of hydrogen-bond donors (Lipinski definition) is 2. The van der Waals surface area contributed by atoms with E-state index in [0.717, 1.165) is 0 Å². The molecule has 0 bridgehead atoms. The Kier molecular flexibility index (Phi) is 3.84. The lowest BCUT2D eigenvalue weighted by Crippen LogP contribution is -2.12. The first-order valence-corrected chi connectivity index (χ1v) is 2.54. The van der Waals surface area contributed by atoms with Crippen LogP contribution in [-0.4, -0.2) is 11.5 Å². The highest BCUT2D eigenvalue weighted by molar-refractivity contribution is 14.1. The van der Waals surface area contributed by atoms with Crippen molar-refractivity contribution in [1.29, 1.82) is 0 Å². The number of thiol groups is 1. The van der Waals surface area contributed by atoms with Crippen molar-refractivity contribution < 1.29 is 0 Å². The van der Waals surface area contributed by atoms with E-state index in [1.54, 1.807) is 11.5 Å². The first kappa shape index (κ1) is 6.00. The van der Waals surface area contributed by atoms with Gasteiger partial charge >= 0.3 is 0 Å². The van der Waals surface area contributed by atoms with Crippen molar-refractivity contribution in [3.8, 4) is 0 Å². The summed E-state index contributed by atoms with van der Waals surface area (Å²) in [6.45, 7) is 0. The molecule has 0 aromatic carbocycles. The summed E-state index contributed by atoms with van der Waals surface area (Å²) in [5.74, 6) is 0. The minimum atomic E-state index is 1.56. The van der Waals surface area contributed by atoms with E-state index in [-0.39, 0.29) is 0 Å². The summed E-state index contributed by atoms with van der Waals surface area (Å²) in [5.41, 5.74) is 0. The van der Waals surface area contributed by atoms with E-state index in [9.17, 15) is 0 Å². The molecule has 0 saturated carbocycles. The molecule has 0 spiro atoms. The van der Waals surface area contributed by atoms with Crippen molar-refractivity contribution in [3.63, 3.8) is 0 Å². The Bertz CT molecular complexity index is 23.6. The number of hydrogen-bond acceptors (Lipinski definition) is 3. The molecule has 0 rings (SSSR count). The maximum atomic E-state index is 3.81. The molecule has 0 unspecified atom stereocenters. The molecule has 5 heavy (non-hydrogen) atoms. The quantitative estimate of drug-likeness (QED) is 0.281. The summed E-state index contributed by atoms with van der Waals surface area (Å²) in [6, 6.07) is 0. The number of nitrogens with zero attached hydrogens (tertiary/aromatic N) is 1. The largest absolute Gasteiger partial charge is 0.186 e. The Hall–Kier alpha value is 1.00. The predicted molar refractivity (Wildman–Crippen MR) is 33.9 cm³/mol. The van der Waals surface area contributed by atoms with E-state index in [0.29, 0.717) is 0 Å². The molecular formula is CH5IN2S. The molecule has 0 aromatic rings. The minimum absolute atomic E-state index is 1.56. The molecule has 0 aliphatic heterocycles. The highest BCUT2D eigenvalue weighted by Crippen LogP contribution is 1.79. The summed E-state index contributed by atoms with van der Waals surface area (Å²) in [7, 11) is 1.80. The average Bonchev–Trinajstić information content (AvgIpc) is 1.38. The van der Waals surface area contributed by atoms with Crippen molar-refractivity contribution in [3.05, 3.63) is 0 Å². The zero-order valence-corrected chi connectivity index (χ0v) is 5.82. The third-order valence-corrected chi connectivity index (χ3v) is 1.33. The summed E-state index contributed by atoms with van der Waals surface area (Å²) in [6.07, 6.45) is 0. The van der Waals surface area contributed by atoms with E-state index >= 15 is 0 Å². The standard InChI is InChI=1S/CH5IN2S/c1-4(5)3-2/h3,5H,1H3. The Labute approximate surface area is 50.9 Å². The summed E-state index contributed by atoms with van der Waals surface area (Å²) in [5, 5.41) is 0. The maximum absolute atomic E-state index is 3.81. The molecule has 0 saturated heterocycles. The van der Waals surface area contributed by atoms with Crippen LogP contribution in [0.4, 0.5) is 0 Å². The molecule has 2 nitrogen and oxygen atoms in total. The van der Waals surface area contributed by atoms with Gasteiger partial charge in [0.05, 0.1) is 0 Å². The van der Waals surface area contributed by atoms with Crippen LogP contribution in [0, 0.1) is 0 Å². The van der Waals surface area contributed by atoms with Gasteiger partial charge in [-0.1, -0.05) is 12.8 Å². The van der Waals surface area contributed by atoms with E-state index < -0.39 is 0 Å². The van der Waals surface area contributed by atoms with Gasteiger partial charge in [0, 0.05) is 29.9 Å². The Morgan fingerprint density at radius 2 is 2.20 bits per heavy atom. The van der Waals surface area contributed by atoms with E-state index in [1.807, 2.05) is 22.9 Å². The van der Waals surface area contributed by atoms with Crippen LogP contribution in [0.15, 0.2) is 0 Å². The van der Waals surface area contributed by atoms with Crippen LogP contribution in [0.1, 0.15) is 0 Å². The molecule has 0 amide bonds.